The zero-order valence-electron chi connectivity index (χ0n) is 12.7. The summed E-state index contributed by atoms with van der Waals surface area (Å²) in [7, 11) is 0. The minimum Gasteiger partial charge on any atom is -0.271 e. The quantitative estimate of drug-likeness (QED) is 0.620. The van der Waals surface area contributed by atoms with Gasteiger partial charge in [-0.25, -0.2) is 4.98 Å². The Morgan fingerprint density at radius 2 is 2.00 bits per heavy atom. The van der Waals surface area contributed by atoms with Crippen molar-refractivity contribution < 1.29 is 0 Å². The first-order valence-corrected chi connectivity index (χ1v) is 7.95. The normalized spacial score (nSPS) is 12.6. The summed E-state index contributed by atoms with van der Waals surface area (Å²) < 4.78 is 3.10. The van der Waals surface area contributed by atoms with E-state index in [1.54, 1.807) is 6.33 Å². The second kappa shape index (κ2) is 7.15. The van der Waals surface area contributed by atoms with Crippen molar-refractivity contribution in [2.45, 2.75) is 46.2 Å². The molecule has 1 unspecified atom stereocenters. The van der Waals surface area contributed by atoms with Gasteiger partial charge in [-0.2, -0.15) is 5.10 Å². The van der Waals surface area contributed by atoms with Gasteiger partial charge in [-0.1, -0.05) is 35.0 Å². The fourth-order valence-electron chi connectivity index (χ4n) is 2.48. The van der Waals surface area contributed by atoms with E-state index in [1.165, 1.54) is 16.7 Å². The van der Waals surface area contributed by atoms with Crippen LogP contribution in [0.5, 0.6) is 0 Å². The Morgan fingerprint density at radius 1 is 1.33 bits per heavy atom. The second-order valence-corrected chi connectivity index (χ2v) is 6.08. The van der Waals surface area contributed by atoms with Gasteiger partial charge in [0.1, 0.15) is 12.2 Å². The standard InChI is InChI=1S/C15H22BrN5/c1-4-5-21-14(18-9-19-21)8-13(20-17)12-6-10(2)15(16)11(3)7-12/h6-7,9,13,20H,4-5,8,17H2,1-3H3. The van der Waals surface area contributed by atoms with Crippen LogP contribution >= 0.6 is 15.9 Å². The first-order chi connectivity index (χ1) is 10.1. The average molecular weight is 352 g/mol. The molecule has 2 rings (SSSR count). The third kappa shape index (κ3) is 3.70. The predicted octanol–water partition coefficient (Wildman–Crippen LogP) is 2.81. The average Bonchev–Trinajstić information content (AvgIpc) is 2.89. The number of rotatable bonds is 6. The summed E-state index contributed by atoms with van der Waals surface area (Å²) in [6.07, 6.45) is 3.36. The molecule has 0 aliphatic carbocycles. The zero-order chi connectivity index (χ0) is 15.4. The van der Waals surface area contributed by atoms with Crippen molar-refractivity contribution >= 4 is 15.9 Å². The summed E-state index contributed by atoms with van der Waals surface area (Å²) in [5, 5.41) is 4.27. The van der Waals surface area contributed by atoms with Crippen molar-refractivity contribution in [3.8, 4) is 0 Å². The molecule has 0 bridgehead atoms. The van der Waals surface area contributed by atoms with Gasteiger partial charge in [-0.05, 0) is 37.0 Å². The number of aryl methyl sites for hydroxylation is 3. The fraction of sp³-hybridized carbons (Fsp3) is 0.467. The van der Waals surface area contributed by atoms with E-state index in [9.17, 15) is 0 Å². The topological polar surface area (TPSA) is 68.8 Å². The van der Waals surface area contributed by atoms with E-state index >= 15 is 0 Å². The van der Waals surface area contributed by atoms with E-state index in [0.29, 0.717) is 0 Å². The first kappa shape index (κ1) is 16.1. The Hall–Kier alpha value is -1.24. The van der Waals surface area contributed by atoms with Gasteiger partial charge in [0, 0.05) is 17.4 Å². The summed E-state index contributed by atoms with van der Waals surface area (Å²) in [6.45, 7) is 7.19. The lowest BCUT2D eigenvalue weighted by molar-refractivity contribution is 0.498. The molecule has 2 aromatic rings. The molecule has 0 fully saturated rings. The molecule has 3 N–H and O–H groups in total. The maximum atomic E-state index is 5.76. The molecule has 0 aliphatic rings. The number of nitrogens with one attached hydrogen (secondary N) is 1. The third-order valence-corrected chi connectivity index (χ3v) is 4.83. The molecule has 0 aliphatic heterocycles. The van der Waals surface area contributed by atoms with Crippen molar-refractivity contribution in [2.75, 3.05) is 0 Å². The van der Waals surface area contributed by atoms with E-state index in [4.69, 9.17) is 5.84 Å². The maximum Gasteiger partial charge on any atom is 0.138 e. The molecular weight excluding hydrogens is 330 g/mol. The molecule has 0 saturated carbocycles. The number of hydrazine groups is 1. The van der Waals surface area contributed by atoms with Crippen LogP contribution in [0.15, 0.2) is 22.9 Å². The Morgan fingerprint density at radius 3 is 2.57 bits per heavy atom. The number of nitrogens with zero attached hydrogens (tertiary/aromatic N) is 3. The summed E-state index contributed by atoms with van der Waals surface area (Å²) >= 11 is 3.60. The minimum absolute atomic E-state index is 0.0234. The fourth-order valence-corrected chi connectivity index (χ4v) is 2.71. The predicted molar refractivity (Wildman–Crippen MR) is 87.7 cm³/mol. The molecule has 0 radical (unpaired) electrons. The van der Waals surface area contributed by atoms with E-state index < -0.39 is 0 Å². The molecule has 1 heterocycles. The van der Waals surface area contributed by atoms with Crippen LogP contribution in [0.2, 0.25) is 0 Å². The van der Waals surface area contributed by atoms with Crippen LogP contribution in [0, 0.1) is 13.8 Å². The Balaban J connectivity index is 2.26. The molecule has 1 aromatic heterocycles. The summed E-state index contributed by atoms with van der Waals surface area (Å²) in [6, 6.07) is 4.33. The van der Waals surface area contributed by atoms with Crippen molar-refractivity contribution in [2.24, 2.45) is 5.84 Å². The first-order valence-electron chi connectivity index (χ1n) is 7.16. The van der Waals surface area contributed by atoms with E-state index in [2.05, 4.69) is 64.3 Å². The zero-order valence-corrected chi connectivity index (χ0v) is 14.3. The Labute approximate surface area is 134 Å². The molecule has 5 nitrogen and oxygen atoms in total. The highest BCUT2D eigenvalue weighted by molar-refractivity contribution is 9.10. The van der Waals surface area contributed by atoms with E-state index in [0.717, 1.165) is 29.7 Å². The SMILES string of the molecule is CCCn1ncnc1CC(NN)c1cc(C)c(Br)c(C)c1. The maximum absolute atomic E-state index is 5.76. The Kier molecular flexibility index (Phi) is 5.50. The highest BCUT2D eigenvalue weighted by atomic mass is 79.9. The number of halogens is 1. The molecule has 0 amide bonds. The summed E-state index contributed by atoms with van der Waals surface area (Å²) in [5.74, 6) is 6.72. The van der Waals surface area contributed by atoms with Gasteiger partial charge in [0.05, 0.1) is 6.04 Å². The van der Waals surface area contributed by atoms with Crippen LogP contribution in [-0.4, -0.2) is 14.8 Å². The summed E-state index contributed by atoms with van der Waals surface area (Å²) in [5.41, 5.74) is 6.49. The lowest BCUT2D eigenvalue weighted by Crippen LogP contribution is -2.30. The lowest BCUT2D eigenvalue weighted by atomic mass is 9.99. The molecule has 21 heavy (non-hydrogen) atoms. The highest BCUT2D eigenvalue weighted by Crippen LogP contribution is 2.26. The lowest BCUT2D eigenvalue weighted by Gasteiger charge is -2.18. The van der Waals surface area contributed by atoms with Crippen molar-refractivity contribution in [3.05, 3.63) is 45.4 Å². The molecule has 0 saturated heterocycles. The smallest absolute Gasteiger partial charge is 0.138 e. The van der Waals surface area contributed by atoms with Crippen molar-refractivity contribution in [1.29, 1.82) is 0 Å². The highest BCUT2D eigenvalue weighted by Gasteiger charge is 2.16. The van der Waals surface area contributed by atoms with Crippen LogP contribution in [-0.2, 0) is 13.0 Å². The van der Waals surface area contributed by atoms with Gasteiger partial charge >= 0.3 is 0 Å². The molecule has 0 spiro atoms. The molecule has 1 aromatic carbocycles. The van der Waals surface area contributed by atoms with Gasteiger partial charge in [-0.3, -0.25) is 16.0 Å². The van der Waals surface area contributed by atoms with Crippen LogP contribution in [0.3, 0.4) is 0 Å². The van der Waals surface area contributed by atoms with Gasteiger partial charge in [0.25, 0.3) is 0 Å². The van der Waals surface area contributed by atoms with E-state index in [-0.39, 0.29) is 6.04 Å². The third-order valence-electron chi connectivity index (χ3n) is 3.58. The van der Waals surface area contributed by atoms with E-state index in [1.807, 2.05) is 4.68 Å². The number of benzene rings is 1. The van der Waals surface area contributed by atoms with Crippen molar-refractivity contribution in [3.63, 3.8) is 0 Å². The molecule has 6 heteroatoms. The molecule has 1 atom stereocenters. The minimum atomic E-state index is 0.0234. The molecular formula is C15H22BrN5. The number of nitrogens with two attached hydrogens (primary N) is 1. The number of hydrogen-bond acceptors (Lipinski definition) is 4. The Bertz CT molecular complexity index is 585. The second-order valence-electron chi connectivity index (χ2n) is 5.29. The van der Waals surface area contributed by atoms with Gasteiger partial charge in [0.2, 0.25) is 0 Å². The van der Waals surface area contributed by atoms with Crippen LogP contribution in [0.1, 0.15) is 41.9 Å². The van der Waals surface area contributed by atoms with Crippen molar-refractivity contribution in [1.82, 2.24) is 20.2 Å². The monoisotopic (exact) mass is 351 g/mol. The summed E-state index contributed by atoms with van der Waals surface area (Å²) in [4.78, 5) is 4.36. The number of aromatic nitrogens is 3. The van der Waals surface area contributed by atoms with Crippen LogP contribution in [0.25, 0.3) is 0 Å². The van der Waals surface area contributed by atoms with Crippen LogP contribution < -0.4 is 11.3 Å². The molecule has 114 valence electrons. The number of hydrogen-bond donors (Lipinski definition) is 2. The van der Waals surface area contributed by atoms with Crippen LogP contribution in [0.4, 0.5) is 0 Å². The van der Waals surface area contributed by atoms with Gasteiger partial charge in [-0.15, -0.1) is 0 Å². The van der Waals surface area contributed by atoms with Gasteiger partial charge < -0.3 is 0 Å². The largest absolute Gasteiger partial charge is 0.271 e. The van der Waals surface area contributed by atoms with Gasteiger partial charge in [0.15, 0.2) is 0 Å².